The number of rotatable bonds is 6. The first-order chi connectivity index (χ1) is 10.2. The van der Waals surface area contributed by atoms with Crippen LogP contribution in [0.25, 0.3) is 0 Å². The van der Waals surface area contributed by atoms with Crippen molar-refractivity contribution in [2.45, 2.75) is 13.3 Å². The highest BCUT2D eigenvalue weighted by molar-refractivity contribution is 5.88. The highest BCUT2D eigenvalue weighted by Crippen LogP contribution is 2.11. The van der Waals surface area contributed by atoms with Gasteiger partial charge in [0.15, 0.2) is 0 Å². The number of ether oxygens (including phenoxy) is 1. The Bertz CT molecular complexity index is 555. The van der Waals surface area contributed by atoms with E-state index in [2.05, 4.69) is 15.6 Å². The van der Waals surface area contributed by atoms with Gasteiger partial charge in [0.25, 0.3) is 0 Å². The molecule has 110 valence electrons. The number of aromatic nitrogens is 1. The molecular formula is C16H19N3O2. The summed E-state index contributed by atoms with van der Waals surface area (Å²) in [5.41, 5.74) is 1.88. The lowest BCUT2D eigenvalue weighted by molar-refractivity contribution is 0.250. The average molecular weight is 285 g/mol. The van der Waals surface area contributed by atoms with E-state index in [0.717, 1.165) is 12.2 Å². The van der Waals surface area contributed by atoms with E-state index in [1.54, 1.807) is 24.5 Å². The van der Waals surface area contributed by atoms with Gasteiger partial charge >= 0.3 is 6.03 Å². The molecule has 0 fully saturated rings. The standard InChI is InChI=1S/C16H19N3O2/c1-13-5-7-15(8-6-13)21-11-3-10-18-16(20)19-14-4-2-9-17-12-14/h2,4-9,12H,3,10-11H2,1H3,(H2,18,19,20). The number of nitrogens with one attached hydrogen (secondary N) is 2. The van der Waals surface area contributed by atoms with Crippen LogP contribution in [0.4, 0.5) is 10.5 Å². The van der Waals surface area contributed by atoms with Crippen molar-refractivity contribution >= 4 is 11.7 Å². The van der Waals surface area contributed by atoms with Crippen molar-refractivity contribution in [1.29, 1.82) is 0 Å². The number of carbonyl (C=O) groups is 1. The number of hydrogen-bond donors (Lipinski definition) is 2. The topological polar surface area (TPSA) is 63.2 Å². The van der Waals surface area contributed by atoms with Crippen LogP contribution in [0, 0.1) is 6.92 Å². The molecule has 1 aromatic heterocycles. The molecule has 2 aromatic rings. The van der Waals surface area contributed by atoms with Crippen molar-refractivity contribution in [3.8, 4) is 5.75 Å². The van der Waals surface area contributed by atoms with Crippen molar-refractivity contribution in [3.05, 3.63) is 54.4 Å². The zero-order valence-corrected chi connectivity index (χ0v) is 12.0. The van der Waals surface area contributed by atoms with Gasteiger partial charge in [-0.3, -0.25) is 4.98 Å². The molecular weight excluding hydrogens is 266 g/mol. The van der Waals surface area contributed by atoms with Gasteiger partial charge in [-0.2, -0.15) is 0 Å². The Kier molecular flexibility index (Phi) is 5.58. The Morgan fingerprint density at radius 3 is 2.76 bits per heavy atom. The molecule has 5 heteroatoms. The number of carbonyl (C=O) groups excluding carboxylic acids is 1. The van der Waals surface area contributed by atoms with Crippen LogP contribution in [0.1, 0.15) is 12.0 Å². The van der Waals surface area contributed by atoms with Gasteiger partial charge in [0.2, 0.25) is 0 Å². The summed E-state index contributed by atoms with van der Waals surface area (Å²) >= 11 is 0. The zero-order chi connectivity index (χ0) is 14.9. The molecule has 0 bridgehead atoms. The van der Waals surface area contributed by atoms with Gasteiger partial charge in [0, 0.05) is 12.7 Å². The summed E-state index contributed by atoms with van der Waals surface area (Å²) in [5.74, 6) is 0.848. The molecule has 0 radical (unpaired) electrons. The normalized spacial score (nSPS) is 9.95. The summed E-state index contributed by atoms with van der Waals surface area (Å²) in [6, 6.07) is 11.2. The SMILES string of the molecule is Cc1ccc(OCCCNC(=O)Nc2cccnc2)cc1. The lowest BCUT2D eigenvalue weighted by Crippen LogP contribution is -2.30. The summed E-state index contributed by atoms with van der Waals surface area (Å²) in [4.78, 5) is 15.5. The van der Waals surface area contributed by atoms with Gasteiger partial charge in [-0.15, -0.1) is 0 Å². The Hall–Kier alpha value is -2.56. The predicted molar refractivity (Wildman–Crippen MR) is 82.5 cm³/mol. The third kappa shape index (κ3) is 5.52. The molecule has 0 aliphatic rings. The first-order valence-electron chi connectivity index (χ1n) is 6.88. The van der Waals surface area contributed by atoms with E-state index in [9.17, 15) is 4.79 Å². The van der Waals surface area contributed by atoms with Gasteiger partial charge in [0.05, 0.1) is 18.5 Å². The molecule has 0 aliphatic heterocycles. The molecule has 1 heterocycles. The van der Waals surface area contributed by atoms with Crippen LogP contribution in [0.15, 0.2) is 48.8 Å². The Morgan fingerprint density at radius 2 is 2.05 bits per heavy atom. The molecule has 0 atom stereocenters. The highest BCUT2D eigenvalue weighted by atomic mass is 16.5. The van der Waals surface area contributed by atoms with E-state index in [-0.39, 0.29) is 6.03 Å². The quantitative estimate of drug-likeness (QED) is 0.802. The maximum absolute atomic E-state index is 11.6. The number of nitrogens with zero attached hydrogens (tertiary/aromatic N) is 1. The molecule has 2 rings (SSSR count). The number of benzene rings is 1. The predicted octanol–water partition coefficient (Wildman–Crippen LogP) is 2.98. The molecule has 1 aromatic carbocycles. The maximum atomic E-state index is 11.6. The molecule has 5 nitrogen and oxygen atoms in total. The average Bonchev–Trinajstić information content (AvgIpc) is 2.50. The second kappa shape index (κ2) is 7.89. The van der Waals surface area contributed by atoms with Crippen LogP contribution < -0.4 is 15.4 Å². The third-order valence-corrected chi connectivity index (χ3v) is 2.82. The number of anilines is 1. The van der Waals surface area contributed by atoms with Gasteiger partial charge in [-0.1, -0.05) is 17.7 Å². The smallest absolute Gasteiger partial charge is 0.319 e. The van der Waals surface area contributed by atoms with E-state index in [4.69, 9.17) is 4.74 Å². The van der Waals surface area contributed by atoms with Crippen LogP contribution >= 0.6 is 0 Å². The molecule has 2 N–H and O–H groups in total. The molecule has 0 saturated heterocycles. The van der Waals surface area contributed by atoms with E-state index < -0.39 is 0 Å². The summed E-state index contributed by atoms with van der Waals surface area (Å²) in [7, 11) is 0. The highest BCUT2D eigenvalue weighted by Gasteiger charge is 2.00. The Labute approximate surface area is 124 Å². The van der Waals surface area contributed by atoms with Crippen molar-refractivity contribution in [2.75, 3.05) is 18.5 Å². The summed E-state index contributed by atoms with van der Waals surface area (Å²) in [6.45, 7) is 3.16. The van der Waals surface area contributed by atoms with Crippen molar-refractivity contribution < 1.29 is 9.53 Å². The molecule has 0 saturated carbocycles. The summed E-state index contributed by atoms with van der Waals surface area (Å²) in [6.07, 6.45) is 4.00. The fourth-order valence-corrected chi connectivity index (χ4v) is 1.71. The summed E-state index contributed by atoms with van der Waals surface area (Å²) < 4.78 is 5.58. The van der Waals surface area contributed by atoms with E-state index >= 15 is 0 Å². The van der Waals surface area contributed by atoms with E-state index in [1.807, 2.05) is 31.2 Å². The second-order valence-electron chi connectivity index (χ2n) is 4.64. The van der Waals surface area contributed by atoms with Gasteiger partial charge in [-0.05, 0) is 37.6 Å². The largest absolute Gasteiger partial charge is 0.494 e. The monoisotopic (exact) mass is 285 g/mol. The number of amides is 2. The van der Waals surface area contributed by atoms with Crippen LogP contribution in [-0.2, 0) is 0 Å². The molecule has 0 spiro atoms. The maximum Gasteiger partial charge on any atom is 0.319 e. The fraction of sp³-hybridized carbons (Fsp3) is 0.250. The molecule has 0 unspecified atom stereocenters. The first kappa shape index (κ1) is 14.8. The lowest BCUT2D eigenvalue weighted by atomic mass is 10.2. The number of hydrogen-bond acceptors (Lipinski definition) is 3. The van der Waals surface area contributed by atoms with E-state index in [1.165, 1.54) is 5.56 Å². The van der Waals surface area contributed by atoms with E-state index in [0.29, 0.717) is 18.8 Å². The second-order valence-corrected chi connectivity index (χ2v) is 4.64. The number of pyridine rings is 1. The molecule has 2 amide bonds. The van der Waals surface area contributed by atoms with Crippen LogP contribution in [0.3, 0.4) is 0 Å². The minimum Gasteiger partial charge on any atom is -0.494 e. The fourth-order valence-electron chi connectivity index (χ4n) is 1.71. The lowest BCUT2D eigenvalue weighted by Gasteiger charge is -2.08. The van der Waals surface area contributed by atoms with Gasteiger partial charge in [0.1, 0.15) is 5.75 Å². The first-order valence-corrected chi connectivity index (χ1v) is 6.88. The van der Waals surface area contributed by atoms with Crippen molar-refractivity contribution in [3.63, 3.8) is 0 Å². The van der Waals surface area contributed by atoms with Crippen molar-refractivity contribution in [1.82, 2.24) is 10.3 Å². The van der Waals surface area contributed by atoms with Gasteiger partial charge < -0.3 is 15.4 Å². The molecule has 21 heavy (non-hydrogen) atoms. The minimum absolute atomic E-state index is 0.238. The van der Waals surface area contributed by atoms with Crippen molar-refractivity contribution in [2.24, 2.45) is 0 Å². The Balaban J connectivity index is 1.59. The van der Waals surface area contributed by atoms with Crippen LogP contribution in [0.2, 0.25) is 0 Å². The van der Waals surface area contributed by atoms with Crippen LogP contribution in [-0.4, -0.2) is 24.2 Å². The zero-order valence-electron chi connectivity index (χ0n) is 12.0. The third-order valence-electron chi connectivity index (χ3n) is 2.82. The number of aryl methyl sites for hydroxylation is 1. The number of urea groups is 1. The van der Waals surface area contributed by atoms with Gasteiger partial charge in [-0.25, -0.2) is 4.79 Å². The Morgan fingerprint density at radius 1 is 1.24 bits per heavy atom. The van der Waals surface area contributed by atoms with Crippen LogP contribution in [0.5, 0.6) is 5.75 Å². The summed E-state index contributed by atoms with van der Waals surface area (Å²) in [5, 5.41) is 5.47. The molecule has 0 aliphatic carbocycles. The minimum atomic E-state index is -0.238.